The molecule has 0 saturated carbocycles. The maximum atomic E-state index is 11.9. The molecule has 0 unspecified atom stereocenters. The first-order chi connectivity index (χ1) is 12.2. The predicted molar refractivity (Wildman–Crippen MR) is 105 cm³/mol. The normalized spacial score (nSPS) is 10.9. The number of thioether (sulfide) groups is 1. The van der Waals surface area contributed by atoms with Crippen molar-refractivity contribution in [1.29, 1.82) is 0 Å². The molecule has 0 aliphatic heterocycles. The minimum atomic E-state index is -0.213. The summed E-state index contributed by atoms with van der Waals surface area (Å²) in [4.78, 5) is 11.9. The average molecular weight is 367 g/mol. The van der Waals surface area contributed by atoms with Crippen LogP contribution in [-0.2, 0) is 10.5 Å². The first-order valence-electron chi connectivity index (χ1n) is 7.75. The maximum Gasteiger partial charge on any atom is 0.250 e. The van der Waals surface area contributed by atoms with E-state index in [4.69, 9.17) is 0 Å². The van der Waals surface area contributed by atoms with E-state index < -0.39 is 0 Å². The lowest BCUT2D eigenvalue weighted by Gasteiger charge is -1.99. The molecule has 1 heterocycles. The number of nitrogens with zero attached hydrogens (tertiary/aromatic N) is 2. The second-order valence-electron chi connectivity index (χ2n) is 5.38. The molecule has 3 rings (SSSR count). The Kier molecular flexibility index (Phi) is 5.98. The van der Waals surface area contributed by atoms with Crippen LogP contribution < -0.4 is 5.32 Å². The Morgan fingerprint density at radius 1 is 1.16 bits per heavy atom. The number of amides is 1. The Hall–Kier alpha value is -2.44. The molecule has 1 amide bonds. The molecule has 0 aliphatic rings. The Morgan fingerprint density at radius 3 is 2.80 bits per heavy atom. The lowest BCUT2D eigenvalue weighted by atomic mass is 10.2. The highest BCUT2D eigenvalue weighted by molar-refractivity contribution is 8.00. The number of carbonyl (C=O) groups excluding carboxylic acids is 1. The van der Waals surface area contributed by atoms with Gasteiger partial charge in [0.2, 0.25) is 11.0 Å². The molecule has 0 radical (unpaired) electrons. The van der Waals surface area contributed by atoms with Crippen molar-refractivity contribution in [1.82, 2.24) is 10.2 Å². The van der Waals surface area contributed by atoms with Gasteiger partial charge in [-0.25, -0.2) is 0 Å². The number of nitrogens with one attached hydrogen (secondary N) is 1. The average Bonchev–Trinajstić information content (AvgIpc) is 3.06. The quantitative estimate of drug-likeness (QED) is 0.387. The summed E-state index contributed by atoms with van der Waals surface area (Å²) in [5, 5.41) is 11.4. The molecule has 1 N–H and O–H groups in total. The molecule has 3 aromatic rings. The van der Waals surface area contributed by atoms with Gasteiger partial charge in [-0.1, -0.05) is 83.3 Å². The van der Waals surface area contributed by atoms with Crippen LogP contribution in [-0.4, -0.2) is 16.1 Å². The molecule has 0 bridgehead atoms. The van der Waals surface area contributed by atoms with Crippen molar-refractivity contribution in [3.05, 3.63) is 77.4 Å². The van der Waals surface area contributed by atoms with Crippen LogP contribution in [0.2, 0.25) is 0 Å². The van der Waals surface area contributed by atoms with Crippen molar-refractivity contribution in [2.24, 2.45) is 0 Å². The zero-order valence-electron chi connectivity index (χ0n) is 13.7. The minimum Gasteiger partial charge on any atom is -0.297 e. The summed E-state index contributed by atoms with van der Waals surface area (Å²) in [6, 6.07) is 18.1. The molecule has 6 heteroatoms. The SMILES string of the molecule is Cc1cccc(CSc2nnc(NC(=O)/C=C/c3ccccc3)s2)c1. The van der Waals surface area contributed by atoms with Crippen LogP contribution in [0.4, 0.5) is 5.13 Å². The van der Waals surface area contributed by atoms with Gasteiger partial charge in [-0.3, -0.25) is 10.1 Å². The van der Waals surface area contributed by atoms with Crippen LogP contribution in [0, 0.1) is 6.92 Å². The smallest absolute Gasteiger partial charge is 0.250 e. The van der Waals surface area contributed by atoms with Crippen LogP contribution in [0.25, 0.3) is 6.08 Å². The Morgan fingerprint density at radius 2 is 2.00 bits per heavy atom. The van der Waals surface area contributed by atoms with E-state index in [2.05, 4.69) is 46.7 Å². The summed E-state index contributed by atoms with van der Waals surface area (Å²) in [5.41, 5.74) is 3.47. The van der Waals surface area contributed by atoms with E-state index in [9.17, 15) is 4.79 Å². The third-order valence-electron chi connectivity index (χ3n) is 3.31. The molecule has 25 heavy (non-hydrogen) atoms. The van der Waals surface area contributed by atoms with Gasteiger partial charge in [-0.05, 0) is 24.1 Å². The van der Waals surface area contributed by atoms with E-state index in [0.29, 0.717) is 5.13 Å². The second-order valence-corrected chi connectivity index (χ2v) is 7.58. The molecule has 0 spiro atoms. The van der Waals surface area contributed by atoms with Crippen LogP contribution in [0.3, 0.4) is 0 Å². The minimum absolute atomic E-state index is 0.213. The number of hydrogen-bond donors (Lipinski definition) is 1. The van der Waals surface area contributed by atoms with Gasteiger partial charge in [0, 0.05) is 11.8 Å². The fourth-order valence-corrected chi connectivity index (χ4v) is 3.85. The van der Waals surface area contributed by atoms with Crippen molar-refractivity contribution >= 4 is 40.2 Å². The van der Waals surface area contributed by atoms with Crippen molar-refractivity contribution in [2.75, 3.05) is 5.32 Å². The fraction of sp³-hybridized carbons (Fsp3) is 0.105. The van der Waals surface area contributed by atoms with E-state index in [0.717, 1.165) is 15.7 Å². The predicted octanol–water partition coefficient (Wildman–Crippen LogP) is 4.79. The molecule has 0 fully saturated rings. The van der Waals surface area contributed by atoms with Gasteiger partial charge >= 0.3 is 0 Å². The van der Waals surface area contributed by atoms with Gasteiger partial charge in [0.05, 0.1) is 0 Å². The van der Waals surface area contributed by atoms with Crippen LogP contribution >= 0.6 is 23.1 Å². The third-order valence-corrected chi connectivity index (χ3v) is 5.35. The van der Waals surface area contributed by atoms with Gasteiger partial charge in [0.25, 0.3) is 0 Å². The molecule has 1 aromatic heterocycles. The largest absolute Gasteiger partial charge is 0.297 e. The Labute approximate surface area is 155 Å². The van der Waals surface area contributed by atoms with Gasteiger partial charge < -0.3 is 0 Å². The zero-order chi connectivity index (χ0) is 17.5. The van der Waals surface area contributed by atoms with Gasteiger partial charge in [-0.15, -0.1) is 10.2 Å². The first kappa shape index (κ1) is 17.4. The topological polar surface area (TPSA) is 54.9 Å². The van der Waals surface area contributed by atoms with Crippen LogP contribution in [0.15, 0.2) is 65.0 Å². The zero-order valence-corrected chi connectivity index (χ0v) is 15.3. The number of anilines is 1. The molecule has 0 aliphatic carbocycles. The number of hydrogen-bond acceptors (Lipinski definition) is 5. The van der Waals surface area contributed by atoms with Crippen molar-refractivity contribution in [2.45, 2.75) is 17.0 Å². The molecule has 0 saturated heterocycles. The van der Waals surface area contributed by atoms with E-state index in [1.807, 2.05) is 30.3 Å². The third kappa shape index (κ3) is 5.55. The summed E-state index contributed by atoms with van der Waals surface area (Å²) < 4.78 is 0.837. The summed E-state index contributed by atoms with van der Waals surface area (Å²) in [6.45, 7) is 2.08. The van der Waals surface area contributed by atoms with Crippen LogP contribution in [0.5, 0.6) is 0 Å². The van der Waals surface area contributed by atoms with E-state index in [1.54, 1.807) is 17.8 Å². The van der Waals surface area contributed by atoms with Gasteiger partial charge in [0.15, 0.2) is 4.34 Å². The van der Waals surface area contributed by atoms with Gasteiger partial charge in [0.1, 0.15) is 0 Å². The van der Waals surface area contributed by atoms with E-state index >= 15 is 0 Å². The highest BCUT2D eigenvalue weighted by atomic mass is 32.2. The lowest BCUT2D eigenvalue weighted by molar-refractivity contribution is -0.111. The second kappa shape index (κ2) is 8.60. The molecule has 126 valence electrons. The Balaban J connectivity index is 1.52. The number of rotatable bonds is 6. The lowest BCUT2D eigenvalue weighted by Crippen LogP contribution is -2.07. The molecule has 4 nitrogen and oxygen atoms in total. The van der Waals surface area contributed by atoms with Crippen molar-refractivity contribution in [3.8, 4) is 0 Å². The fourth-order valence-electron chi connectivity index (χ4n) is 2.15. The highest BCUT2D eigenvalue weighted by Gasteiger charge is 2.07. The molecular formula is C19H17N3OS2. The van der Waals surface area contributed by atoms with E-state index in [1.165, 1.54) is 28.5 Å². The highest BCUT2D eigenvalue weighted by Crippen LogP contribution is 2.28. The number of benzene rings is 2. The monoisotopic (exact) mass is 367 g/mol. The summed E-state index contributed by atoms with van der Waals surface area (Å²) in [5.74, 6) is 0.619. The number of carbonyl (C=O) groups is 1. The van der Waals surface area contributed by atoms with Gasteiger partial charge in [-0.2, -0.15) is 0 Å². The number of aromatic nitrogens is 2. The molecule has 0 atom stereocenters. The first-order valence-corrected chi connectivity index (χ1v) is 9.55. The van der Waals surface area contributed by atoms with E-state index in [-0.39, 0.29) is 5.91 Å². The molecular weight excluding hydrogens is 350 g/mol. The standard InChI is InChI=1S/C19H17N3OS2/c1-14-6-5-9-16(12-14)13-24-19-22-21-18(25-19)20-17(23)11-10-15-7-3-2-4-8-15/h2-12H,13H2,1H3,(H,20,21,23)/b11-10+. The van der Waals surface area contributed by atoms with Crippen molar-refractivity contribution in [3.63, 3.8) is 0 Å². The maximum absolute atomic E-state index is 11.9. The van der Waals surface area contributed by atoms with Crippen molar-refractivity contribution < 1.29 is 4.79 Å². The molecule has 2 aromatic carbocycles. The number of aryl methyl sites for hydroxylation is 1. The summed E-state index contributed by atoms with van der Waals surface area (Å²) >= 11 is 3.00. The summed E-state index contributed by atoms with van der Waals surface area (Å²) in [6.07, 6.45) is 3.26. The summed E-state index contributed by atoms with van der Waals surface area (Å²) in [7, 11) is 0. The van der Waals surface area contributed by atoms with Crippen LogP contribution in [0.1, 0.15) is 16.7 Å². The Bertz CT molecular complexity index is 875.